The number of carbonyl (C=O) groups is 1. The molecule has 71 heavy (non-hydrogen) atoms. The molecule has 13 nitrogen and oxygen atoms in total. The predicted octanol–water partition coefficient (Wildman–Crippen LogP) is 10.3. The fourth-order valence-corrected chi connectivity index (χ4v) is 12.9. The molecule has 0 radical (unpaired) electrons. The molecule has 0 bridgehead atoms. The zero-order chi connectivity index (χ0) is 50.5. The van der Waals surface area contributed by atoms with E-state index < -0.39 is 25.8 Å². The van der Waals surface area contributed by atoms with Gasteiger partial charge in [-0.1, -0.05) is 54.1 Å². The summed E-state index contributed by atoms with van der Waals surface area (Å²) in [7, 11) is -8.04. The minimum Gasteiger partial charge on any atom is -0.478 e. The Kier molecular flexibility index (Phi) is 16.4. The number of nitrogens with zero attached hydrogens (tertiary/aromatic N) is 4. The first-order chi connectivity index (χ1) is 34.0. The Bertz CT molecular complexity index is 3030. The lowest BCUT2D eigenvalue weighted by atomic mass is 9.96. The molecule has 1 atom stereocenters. The Morgan fingerprint density at radius 3 is 2.07 bits per heavy atom. The molecule has 2 aliphatic heterocycles. The number of piperidine rings is 1. The Morgan fingerprint density at radius 2 is 1.45 bits per heavy atom. The van der Waals surface area contributed by atoms with Crippen molar-refractivity contribution < 1.29 is 31.8 Å². The van der Waals surface area contributed by atoms with Crippen LogP contribution in [0.15, 0.2) is 136 Å². The molecule has 2 fully saturated rings. The Labute approximate surface area is 427 Å². The van der Waals surface area contributed by atoms with Gasteiger partial charge in [-0.05, 0) is 149 Å². The highest BCUT2D eigenvalue weighted by atomic mass is 35.5. The van der Waals surface area contributed by atoms with Crippen molar-refractivity contribution in [3.63, 3.8) is 0 Å². The van der Waals surface area contributed by atoms with Crippen LogP contribution in [0.2, 0.25) is 5.02 Å². The van der Waals surface area contributed by atoms with Gasteiger partial charge in [0, 0.05) is 102 Å². The van der Waals surface area contributed by atoms with Crippen molar-refractivity contribution in [2.75, 3.05) is 84.3 Å². The molecule has 17 heteroatoms. The van der Waals surface area contributed by atoms with Gasteiger partial charge in [0.1, 0.15) is 0 Å². The molecule has 376 valence electrons. The summed E-state index contributed by atoms with van der Waals surface area (Å²) in [5.74, 6) is 0.0143. The van der Waals surface area contributed by atoms with Crippen LogP contribution in [-0.4, -0.2) is 113 Å². The van der Waals surface area contributed by atoms with Gasteiger partial charge >= 0.3 is 5.97 Å². The van der Waals surface area contributed by atoms with Crippen LogP contribution in [-0.2, 0) is 19.9 Å². The van der Waals surface area contributed by atoms with E-state index in [2.05, 4.69) is 49.2 Å². The quantitative estimate of drug-likeness (QED) is 0.0569. The maximum absolute atomic E-state index is 13.9. The molecule has 2 aliphatic rings. The number of carboxylic acids is 1. The van der Waals surface area contributed by atoms with Gasteiger partial charge in [0.25, 0.3) is 10.0 Å². The van der Waals surface area contributed by atoms with Gasteiger partial charge in [0.05, 0.1) is 26.7 Å². The van der Waals surface area contributed by atoms with Gasteiger partial charge in [-0.15, -0.1) is 11.8 Å². The number of anilines is 4. The molecule has 5 aromatic carbocycles. The van der Waals surface area contributed by atoms with Crippen molar-refractivity contribution in [1.82, 2.24) is 9.47 Å². The molecular weight excluding hydrogens is 976 g/mol. The Hall–Kier alpha value is -5.49. The van der Waals surface area contributed by atoms with Gasteiger partial charge in [0.2, 0.25) is 0 Å². The molecule has 6 aromatic rings. The monoisotopic (exact) mass is 1040 g/mol. The number of piperazine rings is 1. The van der Waals surface area contributed by atoms with E-state index in [1.165, 1.54) is 12.1 Å². The summed E-state index contributed by atoms with van der Waals surface area (Å²) in [6.07, 6.45) is 3.72. The summed E-state index contributed by atoms with van der Waals surface area (Å²) >= 11 is 7.95. The van der Waals surface area contributed by atoms with Crippen LogP contribution in [0.4, 0.5) is 22.7 Å². The van der Waals surface area contributed by atoms with E-state index in [9.17, 15) is 31.8 Å². The Balaban J connectivity index is 0.937. The third kappa shape index (κ3) is 12.4. The zero-order valence-electron chi connectivity index (χ0n) is 40.6. The first-order valence-corrected chi connectivity index (χ1v) is 28.8. The number of aliphatic hydroxyl groups excluding tert-OH is 1. The Morgan fingerprint density at radius 1 is 0.789 bits per heavy atom. The van der Waals surface area contributed by atoms with E-state index in [0.717, 1.165) is 78.2 Å². The van der Waals surface area contributed by atoms with Crippen molar-refractivity contribution in [2.45, 2.75) is 66.8 Å². The molecule has 8 rings (SSSR count). The molecule has 0 aliphatic carbocycles. The second-order valence-electron chi connectivity index (χ2n) is 18.8. The second-order valence-corrected chi connectivity index (χ2v) is 24.0. The summed E-state index contributed by atoms with van der Waals surface area (Å²) < 4.78 is 59.1. The number of sulfone groups is 1. The molecule has 1 aromatic heterocycles. The topological polar surface area (TPSA) is 165 Å². The normalized spacial score (nSPS) is 15.5. The van der Waals surface area contributed by atoms with E-state index >= 15 is 0 Å². The predicted molar refractivity (Wildman–Crippen MR) is 289 cm³/mol. The van der Waals surface area contributed by atoms with Crippen LogP contribution in [0.1, 0.15) is 55.2 Å². The SMILES string of the molecule is Cc1c(C(=O)O)c(-c2cccc(N3CCN(c4ccc(NS(=O)(=O)c5ccc(N[C@H](CCN6CCC(CO)CC6)CSc6ccccc6)c(S(C)(=O)=O)c5)cc4)CC3)c2)c(-c2ccc(Cl)cc2)n1C(C)C. The summed E-state index contributed by atoms with van der Waals surface area (Å²) in [5, 5.41) is 24.2. The maximum Gasteiger partial charge on any atom is 0.338 e. The molecule has 0 saturated carbocycles. The van der Waals surface area contributed by atoms with Crippen LogP contribution in [0, 0.1) is 12.8 Å². The van der Waals surface area contributed by atoms with Crippen molar-refractivity contribution in [3.05, 3.63) is 138 Å². The van der Waals surface area contributed by atoms with Crippen LogP contribution in [0.25, 0.3) is 22.4 Å². The average molecular weight is 1040 g/mol. The van der Waals surface area contributed by atoms with E-state index in [1.807, 2.05) is 91.9 Å². The van der Waals surface area contributed by atoms with Gasteiger partial charge in [0.15, 0.2) is 9.84 Å². The van der Waals surface area contributed by atoms with E-state index in [0.29, 0.717) is 65.5 Å². The number of nitrogens with one attached hydrogen (secondary N) is 2. The van der Waals surface area contributed by atoms with E-state index in [-0.39, 0.29) is 34.0 Å². The number of aliphatic hydroxyl groups is 1. The first-order valence-electron chi connectivity index (χ1n) is 24.1. The molecule has 4 N–H and O–H groups in total. The molecule has 3 heterocycles. The summed E-state index contributed by atoms with van der Waals surface area (Å²) in [6.45, 7) is 11.6. The van der Waals surface area contributed by atoms with Gasteiger partial charge < -0.3 is 34.8 Å². The molecular formula is C54H63ClN6O7S3. The molecule has 0 unspecified atom stereocenters. The second kappa shape index (κ2) is 22.5. The molecule has 0 amide bonds. The number of halogens is 1. The number of aromatic carboxylic acids is 1. The van der Waals surface area contributed by atoms with Gasteiger partial charge in [-0.25, -0.2) is 21.6 Å². The largest absolute Gasteiger partial charge is 0.478 e. The minimum absolute atomic E-state index is 0.00538. The lowest BCUT2D eigenvalue weighted by Crippen LogP contribution is -2.46. The number of sulfonamides is 1. The van der Waals surface area contributed by atoms with Crippen molar-refractivity contribution in [2.24, 2.45) is 5.92 Å². The average Bonchev–Trinajstić information content (AvgIpc) is 3.68. The summed E-state index contributed by atoms with van der Waals surface area (Å²) in [6, 6.07) is 36.9. The fourth-order valence-electron chi connectivity index (χ4n) is 9.78. The van der Waals surface area contributed by atoms with Crippen LogP contribution < -0.4 is 19.8 Å². The minimum atomic E-state index is -4.18. The van der Waals surface area contributed by atoms with E-state index in [1.54, 1.807) is 30.0 Å². The van der Waals surface area contributed by atoms with Crippen molar-refractivity contribution in [1.29, 1.82) is 0 Å². The smallest absolute Gasteiger partial charge is 0.338 e. The lowest BCUT2D eigenvalue weighted by molar-refractivity contribution is 0.0696. The van der Waals surface area contributed by atoms with E-state index in [4.69, 9.17) is 11.6 Å². The fraction of sp³-hybridized carbons (Fsp3) is 0.352. The summed E-state index contributed by atoms with van der Waals surface area (Å²) in [4.78, 5) is 20.6. The third-order valence-corrected chi connectivity index (χ3v) is 17.5. The molecule has 0 spiro atoms. The highest BCUT2D eigenvalue weighted by molar-refractivity contribution is 7.99. The highest BCUT2D eigenvalue weighted by Crippen LogP contribution is 2.42. The standard InChI is InChI=1S/C54H63ClN6O7S3/c1-37(2)61-38(3)51(54(63)64)52(53(61)40-13-15-42(55)16-14-40)41-9-8-10-46(33-41)60-31-29-59(30-32-60)45-19-17-43(18-20-45)57-71(67,68)48-21-22-49(50(34-48)70(4,65)66)56-44(36-69-47-11-6-5-7-12-47)25-28-58-26-23-39(35-62)24-27-58/h5-22,33-34,37,39,44,56-57,62H,23-32,35-36H2,1-4H3,(H,63,64)/t44-/m1/s1. The number of thioether (sulfide) groups is 1. The van der Waals surface area contributed by atoms with Crippen molar-refractivity contribution in [3.8, 4) is 22.4 Å². The zero-order valence-corrected chi connectivity index (χ0v) is 43.8. The number of aromatic nitrogens is 1. The highest BCUT2D eigenvalue weighted by Gasteiger charge is 2.30. The van der Waals surface area contributed by atoms with Crippen molar-refractivity contribution >= 4 is 71.9 Å². The van der Waals surface area contributed by atoms with Crippen LogP contribution >= 0.6 is 23.4 Å². The number of carboxylic acid groups (broad SMARTS) is 1. The van der Waals surface area contributed by atoms with Gasteiger partial charge in [-0.3, -0.25) is 4.72 Å². The maximum atomic E-state index is 13.9. The number of likely N-dealkylation sites (tertiary alicyclic amines) is 1. The first kappa shape index (κ1) is 51.9. The number of hydrogen-bond acceptors (Lipinski definition) is 11. The number of benzene rings is 5. The number of hydrogen-bond donors (Lipinski definition) is 4. The van der Waals surface area contributed by atoms with Crippen LogP contribution in [0.5, 0.6) is 0 Å². The number of rotatable bonds is 19. The van der Waals surface area contributed by atoms with Crippen LogP contribution in [0.3, 0.4) is 0 Å². The molecule has 2 saturated heterocycles. The third-order valence-electron chi connectivity index (χ3n) is 13.5. The lowest BCUT2D eigenvalue weighted by Gasteiger charge is -2.37. The van der Waals surface area contributed by atoms with Gasteiger partial charge in [-0.2, -0.15) is 0 Å². The summed E-state index contributed by atoms with van der Waals surface area (Å²) in [5.41, 5.74) is 6.76.